The van der Waals surface area contributed by atoms with Gasteiger partial charge in [0.25, 0.3) is 0 Å². The van der Waals surface area contributed by atoms with Gasteiger partial charge >= 0.3 is 5.97 Å². The van der Waals surface area contributed by atoms with Crippen molar-refractivity contribution in [1.29, 1.82) is 5.26 Å². The molecule has 9 heteroatoms. The van der Waals surface area contributed by atoms with Gasteiger partial charge < -0.3 is 9.84 Å². The molecular formula is C11H11ClN2O5S. The molecule has 108 valence electrons. The first-order valence-electron chi connectivity index (χ1n) is 5.26. The summed E-state index contributed by atoms with van der Waals surface area (Å²) >= 11 is 5.74. The Kier molecular flexibility index (Phi) is 5.47. The second kappa shape index (κ2) is 6.67. The van der Waals surface area contributed by atoms with Gasteiger partial charge in [0, 0.05) is 13.7 Å². The summed E-state index contributed by atoms with van der Waals surface area (Å²) in [5.74, 6) is -1.28. The molecule has 0 radical (unpaired) electrons. The van der Waals surface area contributed by atoms with Crippen LogP contribution in [0.5, 0.6) is 0 Å². The Morgan fingerprint density at radius 3 is 2.70 bits per heavy atom. The molecule has 1 aromatic carbocycles. The number of halogens is 1. The molecule has 0 amide bonds. The molecule has 0 saturated heterocycles. The van der Waals surface area contributed by atoms with Gasteiger partial charge in [-0.05, 0) is 18.2 Å². The average molecular weight is 319 g/mol. The van der Waals surface area contributed by atoms with E-state index in [-0.39, 0.29) is 15.5 Å². The van der Waals surface area contributed by atoms with E-state index in [1.807, 2.05) is 0 Å². The maximum atomic E-state index is 11.9. The number of carboxylic acids is 1. The van der Waals surface area contributed by atoms with E-state index in [0.29, 0.717) is 0 Å². The normalized spacial score (nSPS) is 12.7. The van der Waals surface area contributed by atoms with Crippen molar-refractivity contribution >= 4 is 27.6 Å². The number of nitrogens with zero attached hydrogens (tertiary/aromatic N) is 1. The first kappa shape index (κ1) is 16.4. The van der Waals surface area contributed by atoms with Crippen LogP contribution in [0.3, 0.4) is 0 Å². The van der Waals surface area contributed by atoms with E-state index < -0.39 is 28.6 Å². The van der Waals surface area contributed by atoms with Crippen LogP contribution >= 0.6 is 11.6 Å². The summed E-state index contributed by atoms with van der Waals surface area (Å²) in [7, 11) is -2.78. The highest BCUT2D eigenvalue weighted by molar-refractivity contribution is 7.89. The van der Waals surface area contributed by atoms with Crippen molar-refractivity contribution in [3.05, 3.63) is 28.8 Å². The van der Waals surface area contributed by atoms with E-state index >= 15 is 0 Å². The summed E-state index contributed by atoms with van der Waals surface area (Å²) in [5, 5.41) is 17.4. The Labute approximate surface area is 120 Å². The van der Waals surface area contributed by atoms with Crippen LogP contribution in [0.1, 0.15) is 5.56 Å². The molecule has 1 rings (SSSR count). The van der Waals surface area contributed by atoms with Crippen LogP contribution in [-0.4, -0.2) is 39.3 Å². The molecule has 0 fully saturated rings. The number of carboxylic acid groups (broad SMARTS) is 1. The Morgan fingerprint density at radius 1 is 1.60 bits per heavy atom. The van der Waals surface area contributed by atoms with Gasteiger partial charge in [-0.2, -0.15) is 5.26 Å². The van der Waals surface area contributed by atoms with Crippen LogP contribution in [0.15, 0.2) is 23.1 Å². The highest BCUT2D eigenvalue weighted by atomic mass is 35.5. The molecule has 0 spiro atoms. The molecule has 0 heterocycles. The van der Waals surface area contributed by atoms with Crippen LogP contribution in [0.2, 0.25) is 5.02 Å². The predicted octanol–water partition coefficient (Wildman–Crippen LogP) is 0.590. The van der Waals surface area contributed by atoms with Gasteiger partial charge in [-0.25, -0.2) is 17.9 Å². The molecule has 0 aromatic heterocycles. The fourth-order valence-electron chi connectivity index (χ4n) is 1.29. The van der Waals surface area contributed by atoms with Crippen LogP contribution < -0.4 is 4.72 Å². The topological polar surface area (TPSA) is 116 Å². The van der Waals surface area contributed by atoms with Crippen molar-refractivity contribution < 1.29 is 23.1 Å². The summed E-state index contributed by atoms with van der Waals surface area (Å²) in [4.78, 5) is 10.5. The van der Waals surface area contributed by atoms with E-state index in [2.05, 4.69) is 9.46 Å². The predicted molar refractivity (Wildman–Crippen MR) is 69.8 cm³/mol. The van der Waals surface area contributed by atoms with Crippen molar-refractivity contribution in [2.75, 3.05) is 13.7 Å². The van der Waals surface area contributed by atoms with E-state index in [1.165, 1.54) is 12.1 Å². The fourth-order valence-corrected chi connectivity index (χ4v) is 2.64. The molecule has 1 aromatic rings. The zero-order valence-corrected chi connectivity index (χ0v) is 11.9. The molecular weight excluding hydrogens is 308 g/mol. The minimum atomic E-state index is -3.93. The number of nitrogens with one attached hydrogen (secondary N) is 1. The van der Waals surface area contributed by atoms with Gasteiger partial charge in [-0.3, -0.25) is 0 Å². The van der Waals surface area contributed by atoms with Crippen molar-refractivity contribution in [2.45, 2.75) is 11.0 Å². The molecule has 0 aliphatic rings. The van der Waals surface area contributed by atoms with E-state index in [9.17, 15) is 13.2 Å². The summed E-state index contributed by atoms with van der Waals surface area (Å²) in [6, 6.07) is 5.39. The first-order valence-corrected chi connectivity index (χ1v) is 7.13. The number of sulfonamides is 1. The number of carbonyl (C=O) groups is 1. The maximum absolute atomic E-state index is 11.9. The highest BCUT2D eigenvalue weighted by Gasteiger charge is 2.21. The number of nitriles is 1. The van der Waals surface area contributed by atoms with Crippen LogP contribution in [0.4, 0.5) is 0 Å². The van der Waals surface area contributed by atoms with Gasteiger partial charge in [-0.15, -0.1) is 0 Å². The standard InChI is InChI=1S/C11H11ClN2O5S/c1-19-10(11(15)16)6-14-20(17,18)8-3-2-7(5-13)9(12)4-8/h2-4,10,14H,6H2,1H3,(H,15,16). The van der Waals surface area contributed by atoms with Crippen molar-refractivity contribution in [3.63, 3.8) is 0 Å². The number of ether oxygens (including phenoxy) is 1. The Morgan fingerprint density at radius 2 is 2.25 bits per heavy atom. The van der Waals surface area contributed by atoms with E-state index in [4.69, 9.17) is 22.0 Å². The summed E-state index contributed by atoms with van der Waals surface area (Å²) < 4.78 is 30.6. The third-order valence-electron chi connectivity index (χ3n) is 2.39. The largest absolute Gasteiger partial charge is 0.479 e. The Balaban J connectivity index is 2.92. The summed E-state index contributed by atoms with van der Waals surface area (Å²) in [6.07, 6.45) is -1.29. The molecule has 1 unspecified atom stereocenters. The molecule has 20 heavy (non-hydrogen) atoms. The molecule has 2 N–H and O–H groups in total. The number of aliphatic carboxylic acids is 1. The lowest BCUT2D eigenvalue weighted by Crippen LogP contribution is -2.37. The lowest BCUT2D eigenvalue weighted by atomic mass is 10.2. The summed E-state index contributed by atoms with van der Waals surface area (Å²) in [5.41, 5.74) is 0.144. The number of hydrogen-bond donors (Lipinski definition) is 2. The third kappa shape index (κ3) is 3.91. The lowest BCUT2D eigenvalue weighted by molar-refractivity contribution is -0.147. The zero-order chi connectivity index (χ0) is 15.3. The fraction of sp³-hybridized carbons (Fsp3) is 0.273. The molecule has 1 atom stereocenters. The maximum Gasteiger partial charge on any atom is 0.334 e. The van der Waals surface area contributed by atoms with Crippen molar-refractivity contribution in [1.82, 2.24) is 4.72 Å². The Hall–Kier alpha value is -1.66. The molecule has 0 aliphatic carbocycles. The zero-order valence-electron chi connectivity index (χ0n) is 10.3. The van der Waals surface area contributed by atoms with Gasteiger partial charge in [0.15, 0.2) is 6.10 Å². The van der Waals surface area contributed by atoms with Gasteiger partial charge in [0.2, 0.25) is 10.0 Å². The van der Waals surface area contributed by atoms with Crippen LogP contribution in [0.25, 0.3) is 0 Å². The minimum absolute atomic E-state index is 0.00287. The lowest BCUT2D eigenvalue weighted by Gasteiger charge is -2.12. The first-order chi connectivity index (χ1) is 9.31. The number of rotatable bonds is 6. The third-order valence-corrected chi connectivity index (χ3v) is 4.12. The molecule has 0 aliphatic heterocycles. The van der Waals surface area contributed by atoms with Crippen molar-refractivity contribution in [3.8, 4) is 6.07 Å². The SMILES string of the molecule is COC(CNS(=O)(=O)c1ccc(C#N)c(Cl)c1)C(=O)O. The van der Waals surface area contributed by atoms with Crippen LogP contribution in [-0.2, 0) is 19.6 Å². The number of methoxy groups -OCH3 is 1. The number of benzene rings is 1. The summed E-state index contributed by atoms with van der Waals surface area (Å²) in [6.45, 7) is -0.425. The smallest absolute Gasteiger partial charge is 0.334 e. The highest BCUT2D eigenvalue weighted by Crippen LogP contribution is 2.20. The van der Waals surface area contributed by atoms with Gasteiger partial charge in [-0.1, -0.05) is 11.6 Å². The quantitative estimate of drug-likeness (QED) is 0.793. The van der Waals surface area contributed by atoms with Gasteiger partial charge in [0.05, 0.1) is 15.5 Å². The second-order valence-electron chi connectivity index (χ2n) is 3.67. The monoisotopic (exact) mass is 318 g/mol. The van der Waals surface area contributed by atoms with Crippen LogP contribution in [0, 0.1) is 11.3 Å². The Bertz CT molecular complexity index is 653. The van der Waals surface area contributed by atoms with E-state index in [1.54, 1.807) is 6.07 Å². The average Bonchev–Trinajstić information content (AvgIpc) is 2.38. The molecule has 0 saturated carbocycles. The van der Waals surface area contributed by atoms with E-state index in [0.717, 1.165) is 13.2 Å². The van der Waals surface area contributed by atoms with Crippen molar-refractivity contribution in [2.24, 2.45) is 0 Å². The minimum Gasteiger partial charge on any atom is -0.479 e. The molecule has 0 bridgehead atoms. The van der Waals surface area contributed by atoms with Gasteiger partial charge in [0.1, 0.15) is 6.07 Å². The second-order valence-corrected chi connectivity index (χ2v) is 5.84. The molecule has 7 nitrogen and oxygen atoms in total. The number of hydrogen-bond acceptors (Lipinski definition) is 5.